The number of amides is 1. The first-order valence-electron chi connectivity index (χ1n) is 7.39. The lowest BCUT2D eigenvalue weighted by atomic mass is 10.1. The van der Waals surface area contributed by atoms with Crippen LogP contribution in [0.5, 0.6) is 0 Å². The molecule has 0 bridgehead atoms. The topological polar surface area (TPSA) is 99.1 Å². The number of para-hydroxylation sites is 1. The highest BCUT2D eigenvalue weighted by Crippen LogP contribution is 2.31. The van der Waals surface area contributed by atoms with Crippen LogP contribution >= 0.6 is 11.3 Å². The van der Waals surface area contributed by atoms with Crippen LogP contribution in [0.15, 0.2) is 64.0 Å². The molecule has 0 spiro atoms. The first-order valence-corrected chi connectivity index (χ1v) is 8.20. The van der Waals surface area contributed by atoms with E-state index in [1.165, 1.54) is 17.6 Å². The number of carbonyl (C=O) groups excluding carboxylic acids is 1. The van der Waals surface area contributed by atoms with Crippen molar-refractivity contribution < 1.29 is 9.21 Å². The lowest BCUT2D eigenvalue weighted by molar-refractivity contribution is 0.100. The molecule has 2 aromatic carbocycles. The maximum Gasteiger partial charge on any atom is 0.249 e. The van der Waals surface area contributed by atoms with Crippen molar-refractivity contribution in [3.63, 3.8) is 0 Å². The smallest absolute Gasteiger partial charge is 0.249 e. The molecule has 0 atom stereocenters. The molecule has 0 saturated carbocycles. The van der Waals surface area contributed by atoms with Gasteiger partial charge in [0.1, 0.15) is 16.9 Å². The number of carbonyl (C=O) groups is 1. The third-order valence-electron chi connectivity index (χ3n) is 3.76. The normalized spacial score (nSPS) is 10.9. The predicted molar refractivity (Wildman–Crippen MR) is 95.3 cm³/mol. The Labute approximate surface area is 145 Å². The van der Waals surface area contributed by atoms with Gasteiger partial charge in [-0.3, -0.25) is 9.59 Å². The zero-order valence-corrected chi connectivity index (χ0v) is 13.6. The Balaban J connectivity index is 1.85. The second kappa shape index (κ2) is 5.95. The van der Waals surface area contributed by atoms with E-state index in [1.807, 2.05) is 0 Å². The number of primary amides is 1. The highest BCUT2D eigenvalue weighted by atomic mass is 32.1. The summed E-state index contributed by atoms with van der Waals surface area (Å²) >= 11 is 1.20. The minimum Gasteiger partial charge on any atom is -0.463 e. The zero-order chi connectivity index (χ0) is 17.4. The van der Waals surface area contributed by atoms with E-state index in [0.29, 0.717) is 37.7 Å². The van der Waals surface area contributed by atoms with Crippen molar-refractivity contribution in [1.82, 2.24) is 10.2 Å². The van der Waals surface area contributed by atoms with Crippen molar-refractivity contribution in [3.8, 4) is 21.1 Å². The predicted octanol–water partition coefficient (Wildman–Crippen LogP) is 3.08. The maximum absolute atomic E-state index is 12.7. The molecule has 0 radical (unpaired) electrons. The van der Waals surface area contributed by atoms with Gasteiger partial charge in [0.05, 0.1) is 10.9 Å². The number of aromatic nitrogens is 2. The molecule has 2 heterocycles. The van der Waals surface area contributed by atoms with Crippen LogP contribution in [0.3, 0.4) is 0 Å². The van der Waals surface area contributed by atoms with Gasteiger partial charge >= 0.3 is 0 Å². The van der Waals surface area contributed by atoms with Gasteiger partial charge in [0.25, 0.3) is 0 Å². The van der Waals surface area contributed by atoms with E-state index < -0.39 is 5.91 Å². The SMILES string of the molecule is NC(=O)c1ccccc1-c1nnc(-c2coc3ccccc3c2=O)s1. The molecule has 0 aliphatic rings. The van der Waals surface area contributed by atoms with E-state index in [4.69, 9.17) is 10.2 Å². The van der Waals surface area contributed by atoms with E-state index in [2.05, 4.69) is 10.2 Å². The minimum absolute atomic E-state index is 0.173. The Hall–Kier alpha value is -3.32. The molecule has 4 rings (SSSR count). The Morgan fingerprint density at radius 1 is 0.960 bits per heavy atom. The second-order valence-corrected chi connectivity index (χ2v) is 6.27. The Bertz CT molecular complexity index is 1160. The number of nitrogens with two attached hydrogens (primary N) is 1. The number of fused-ring (bicyclic) bond motifs is 1. The fraction of sp³-hybridized carbons (Fsp3) is 0. The van der Waals surface area contributed by atoms with Gasteiger partial charge < -0.3 is 10.2 Å². The van der Waals surface area contributed by atoms with Crippen molar-refractivity contribution in [2.24, 2.45) is 5.73 Å². The average molecular weight is 349 g/mol. The molecular weight excluding hydrogens is 338 g/mol. The van der Waals surface area contributed by atoms with Crippen LogP contribution in [0.4, 0.5) is 0 Å². The fourth-order valence-electron chi connectivity index (χ4n) is 2.55. The van der Waals surface area contributed by atoms with E-state index in [9.17, 15) is 9.59 Å². The summed E-state index contributed by atoms with van der Waals surface area (Å²) in [5.41, 5.74) is 7.03. The molecule has 6 nitrogen and oxygen atoms in total. The van der Waals surface area contributed by atoms with Gasteiger partial charge in [0.15, 0.2) is 5.01 Å². The van der Waals surface area contributed by atoms with Gasteiger partial charge in [-0.05, 0) is 18.2 Å². The van der Waals surface area contributed by atoms with Crippen LogP contribution in [0.1, 0.15) is 10.4 Å². The summed E-state index contributed by atoms with van der Waals surface area (Å²) in [6.45, 7) is 0. The van der Waals surface area contributed by atoms with Crippen LogP contribution in [0, 0.1) is 0 Å². The number of nitrogens with zero attached hydrogens (tertiary/aromatic N) is 2. The van der Waals surface area contributed by atoms with Crippen molar-refractivity contribution in [3.05, 3.63) is 70.6 Å². The summed E-state index contributed by atoms with van der Waals surface area (Å²) in [4.78, 5) is 24.2. The highest BCUT2D eigenvalue weighted by Gasteiger charge is 2.17. The first kappa shape index (κ1) is 15.2. The number of rotatable bonds is 3. The molecule has 0 unspecified atom stereocenters. The summed E-state index contributed by atoms with van der Waals surface area (Å²) < 4.78 is 5.52. The standard InChI is InChI=1S/C18H11N3O3S/c19-16(23)10-5-1-2-6-11(10)17-20-21-18(25-17)13-9-24-14-8-4-3-7-12(14)15(13)22/h1-9H,(H2,19,23). The molecule has 7 heteroatoms. The molecule has 1 amide bonds. The lowest BCUT2D eigenvalue weighted by Crippen LogP contribution is -2.12. The first-order chi connectivity index (χ1) is 12.1. The van der Waals surface area contributed by atoms with Gasteiger partial charge in [-0.15, -0.1) is 10.2 Å². The molecule has 0 saturated heterocycles. The molecule has 2 N–H and O–H groups in total. The maximum atomic E-state index is 12.7. The molecular formula is C18H11N3O3S. The van der Waals surface area contributed by atoms with E-state index in [1.54, 1.807) is 48.5 Å². The molecule has 0 aliphatic carbocycles. The molecule has 4 aromatic rings. The van der Waals surface area contributed by atoms with Crippen molar-refractivity contribution in [2.75, 3.05) is 0 Å². The third-order valence-corrected chi connectivity index (χ3v) is 4.75. The van der Waals surface area contributed by atoms with E-state index >= 15 is 0 Å². The van der Waals surface area contributed by atoms with Gasteiger partial charge in [0, 0.05) is 11.1 Å². The van der Waals surface area contributed by atoms with Crippen LogP contribution in [-0.2, 0) is 0 Å². The average Bonchev–Trinajstić information content (AvgIpc) is 3.12. The summed E-state index contributed by atoms with van der Waals surface area (Å²) in [5, 5.41) is 9.61. The van der Waals surface area contributed by atoms with Crippen LogP contribution in [-0.4, -0.2) is 16.1 Å². The van der Waals surface area contributed by atoms with Gasteiger partial charge in [-0.25, -0.2) is 0 Å². The summed E-state index contributed by atoms with van der Waals surface area (Å²) in [5.74, 6) is -0.544. The third kappa shape index (κ3) is 2.60. The largest absolute Gasteiger partial charge is 0.463 e. The number of benzene rings is 2. The minimum atomic E-state index is -0.544. The molecule has 0 fully saturated rings. The number of hydrogen-bond acceptors (Lipinski definition) is 6. The quantitative estimate of drug-likeness (QED) is 0.613. The Kier molecular flexibility index (Phi) is 3.62. The van der Waals surface area contributed by atoms with Crippen LogP contribution in [0.2, 0.25) is 0 Å². The summed E-state index contributed by atoms with van der Waals surface area (Å²) in [7, 11) is 0. The van der Waals surface area contributed by atoms with Crippen LogP contribution in [0.25, 0.3) is 32.1 Å². The second-order valence-electron chi connectivity index (χ2n) is 5.30. The Morgan fingerprint density at radius 3 is 2.44 bits per heavy atom. The zero-order valence-electron chi connectivity index (χ0n) is 12.8. The van der Waals surface area contributed by atoms with Crippen molar-refractivity contribution in [2.45, 2.75) is 0 Å². The molecule has 25 heavy (non-hydrogen) atoms. The van der Waals surface area contributed by atoms with Gasteiger partial charge in [-0.1, -0.05) is 41.7 Å². The lowest BCUT2D eigenvalue weighted by Gasteiger charge is -2.01. The molecule has 0 aliphatic heterocycles. The van der Waals surface area contributed by atoms with Crippen LogP contribution < -0.4 is 11.2 Å². The fourth-order valence-corrected chi connectivity index (χ4v) is 3.44. The Morgan fingerprint density at radius 2 is 1.64 bits per heavy atom. The van der Waals surface area contributed by atoms with Gasteiger partial charge in [0.2, 0.25) is 11.3 Å². The van der Waals surface area contributed by atoms with Gasteiger partial charge in [-0.2, -0.15) is 0 Å². The molecule has 122 valence electrons. The van der Waals surface area contributed by atoms with Crippen molar-refractivity contribution in [1.29, 1.82) is 0 Å². The van der Waals surface area contributed by atoms with E-state index in [0.717, 1.165) is 0 Å². The molecule has 2 aromatic heterocycles. The number of hydrogen-bond donors (Lipinski definition) is 1. The summed E-state index contributed by atoms with van der Waals surface area (Å²) in [6.07, 6.45) is 1.38. The summed E-state index contributed by atoms with van der Waals surface area (Å²) in [6, 6.07) is 13.9. The highest BCUT2D eigenvalue weighted by molar-refractivity contribution is 7.18. The van der Waals surface area contributed by atoms with Crippen molar-refractivity contribution >= 4 is 28.2 Å². The van der Waals surface area contributed by atoms with E-state index in [-0.39, 0.29) is 5.43 Å². The monoisotopic (exact) mass is 349 g/mol.